The zero-order valence-corrected chi connectivity index (χ0v) is 26.1. The van der Waals surface area contributed by atoms with Crippen LogP contribution in [0.3, 0.4) is 0 Å². The molecule has 6 heteroatoms. The molecule has 0 fully saturated rings. The fourth-order valence-corrected chi connectivity index (χ4v) is 7.48. The molecule has 0 atom stereocenters. The molecule has 46 heavy (non-hydrogen) atoms. The van der Waals surface area contributed by atoms with E-state index in [4.69, 9.17) is 9.97 Å². The van der Waals surface area contributed by atoms with Crippen molar-refractivity contribution in [2.75, 3.05) is 0 Å². The summed E-state index contributed by atoms with van der Waals surface area (Å²) in [5, 5.41) is 7.39. The third-order valence-corrected chi connectivity index (χ3v) is 10.2. The van der Waals surface area contributed by atoms with Crippen molar-refractivity contribution < 1.29 is 0 Å². The fourth-order valence-electron chi connectivity index (χ4n) is 6.28. The number of benzene rings is 5. The second-order valence-electron chi connectivity index (χ2n) is 11.2. The minimum absolute atomic E-state index is 0.945. The van der Waals surface area contributed by atoms with Crippen LogP contribution in [0.4, 0.5) is 0 Å². The Hall–Kier alpha value is -5.56. The highest BCUT2D eigenvalue weighted by Gasteiger charge is 2.14. The average Bonchev–Trinajstić information content (AvgIpc) is 3.88. The van der Waals surface area contributed by atoms with Gasteiger partial charge >= 0.3 is 0 Å². The van der Waals surface area contributed by atoms with E-state index in [1.807, 2.05) is 35.8 Å². The summed E-state index contributed by atoms with van der Waals surface area (Å²) in [6, 6.07) is 39.6. The molecule has 5 aromatic carbocycles. The van der Waals surface area contributed by atoms with Gasteiger partial charge in [0.05, 0.1) is 32.2 Å². The number of hydrogen-bond acceptors (Lipinski definition) is 6. The van der Waals surface area contributed by atoms with Crippen molar-refractivity contribution in [3.05, 3.63) is 145 Å². The zero-order chi connectivity index (χ0) is 30.5. The summed E-state index contributed by atoms with van der Waals surface area (Å²) < 4.78 is 0. The summed E-state index contributed by atoms with van der Waals surface area (Å²) in [5.74, 6) is 0. The predicted molar refractivity (Wildman–Crippen MR) is 193 cm³/mol. The molecule has 0 bridgehead atoms. The van der Waals surface area contributed by atoms with Gasteiger partial charge in [-0.05, 0) is 84.9 Å². The molecule has 4 nitrogen and oxygen atoms in total. The molecule has 0 saturated carbocycles. The summed E-state index contributed by atoms with van der Waals surface area (Å²) in [4.78, 5) is 20.1. The molecule has 0 saturated heterocycles. The van der Waals surface area contributed by atoms with E-state index in [2.05, 4.69) is 119 Å². The van der Waals surface area contributed by atoms with E-state index < -0.39 is 0 Å². The first kappa shape index (κ1) is 26.8. The fraction of sp³-hybridized carbons (Fsp3) is 0. The minimum atomic E-state index is 0.945. The van der Waals surface area contributed by atoms with Gasteiger partial charge in [-0.2, -0.15) is 0 Å². The lowest BCUT2D eigenvalue weighted by Gasteiger charge is -2.15. The summed E-state index contributed by atoms with van der Waals surface area (Å²) >= 11 is 3.20. The van der Waals surface area contributed by atoms with Gasteiger partial charge in [0.15, 0.2) is 0 Å². The highest BCUT2D eigenvalue weighted by atomic mass is 32.1. The number of rotatable bonds is 5. The van der Waals surface area contributed by atoms with Crippen LogP contribution in [-0.2, 0) is 0 Å². The number of fused-ring (bicyclic) bond motifs is 6. The Morgan fingerprint density at radius 3 is 1.22 bits per heavy atom. The molecule has 9 rings (SSSR count). The van der Waals surface area contributed by atoms with E-state index in [0.717, 1.165) is 43.4 Å². The molecule has 4 heterocycles. The van der Waals surface area contributed by atoms with Crippen molar-refractivity contribution in [2.24, 2.45) is 0 Å². The molecule has 216 valence electrons. The Labute approximate surface area is 273 Å². The SMILES string of the molecule is c1ccc(-c2ccc3c4cc(-c5ccc(-c6cncs6)nc5)ccc4c4ccc(-c5ccc(-c6cncs6)nc5)cc4c3c2)cc1. The Morgan fingerprint density at radius 1 is 0.348 bits per heavy atom. The maximum atomic E-state index is 4.76. The van der Waals surface area contributed by atoms with Gasteiger partial charge in [-0.25, -0.2) is 0 Å². The van der Waals surface area contributed by atoms with Crippen LogP contribution in [0.2, 0.25) is 0 Å². The predicted octanol–water partition coefficient (Wildman–Crippen LogP) is 11.2. The average molecular weight is 625 g/mol. The smallest absolute Gasteiger partial charge is 0.0818 e. The van der Waals surface area contributed by atoms with Crippen LogP contribution in [-0.4, -0.2) is 19.9 Å². The summed E-state index contributed by atoms with van der Waals surface area (Å²) in [6.07, 6.45) is 7.66. The summed E-state index contributed by atoms with van der Waals surface area (Å²) in [6.45, 7) is 0. The highest BCUT2D eigenvalue weighted by Crippen LogP contribution is 2.40. The Balaban J connectivity index is 1.22. The van der Waals surface area contributed by atoms with Crippen LogP contribution >= 0.6 is 22.7 Å². The quantitative estimate of drug-likeness (QED) is 0.179. The Morgan fingerprint density at radius 2 is 0.783 bits per heavy atom. The Bertz CT molecular complexity index is 2490. The van der Waals surface area contributed by atoms with Crippen LogP contribution in [0.5, 0.6) is 0 Å². The van der Waals surface area contributed by atoms with Crippen molar-refractivity contribution >= 4 is 55.0 Å². The summed E-state index contributed by atoms with van der Waals surface area (Å²) in [7, 11) is 0. The molecule has 0 spiro atoms. The van der Waals surface area contributed by atoms with Crippen molar-refractivity contribution in [2.45, 2.75) is 0 Å². The number of hydrogen-bond donors (Lipinski definition) is 0. The molecule has 0 aliphatic rings. The number of pyridine rings is 2. The van der Waals surface area contributed by atoms with E-state index in [1.54, 1.807) is 22.7 Å². The van der Waals surface area contributed by atoms with Gasteiger partial charge in [-0.15, -0.1) is 22.7 Å². The second-order valence-corrected chi connectivity index (χ2v) is 13.0. The van der Waals surface area contributed by atoms with E-state index in [-0.39, 0.29) is 0 Å². The van der Waals surface area contributed by atoms with E-state index in [1.165, 1.54) is 43.4 Å². The molecule has 0 aliphatic carbocycles. The first-order chi connectivity index (χ1) is 22.8. The van der Waals surface area contributed by atoms with Crippen LogP contribution in [0, 0.1) is 0 Å². The first-order valence-corrected chi connectivity index (χ1v) is 16.7. The molecule has 0 radical (unpaired) electrons. The van der Waals surface area contributed by atoms with Gasteiger partial charge < -0.3 is 0 Å². The van der Waals surface area contributed by atoms with Gasteiger partial charge in [0, 0.05) is 35.9 Å². The monoisotopic (exact) mass is 624 g/mol. The lowest BCUT2D eigenvalue weighted by atomic mass is 9.89. The number of nitrogens with zero attached hydrogens (tertiary/aromatic N) is 4. The van der Waals surface area contributed by atoms with Crippen molar-refractivity contribution in [1.29, 1.82) is 0 Å². The molecular weight excluding hydrogens is 601 g/mol. The first-order valence-electron chi connectivity index (χ1n) is 15.0. The van der Waals surface area contributed by atoms with Gasteiger partial charge in [0.25, 0.3) is 0 Å². The lowest BCUT2D eigenvalue weighted by Crippen LogP contribution is -1.89. The van der Waals surface area contributed by atoms with Crippen molar-refractivity contribution in [3.8, 4) is 54.5 Å². The van der Waals surface area contributed by atoms with Crippen molar-refractivity contribution in [1.82, 2.24) is 19.9 Å². The molecular formula is C40H24N4S2. The molecule has 9 aromatic rings. The second kappa shape index (κ2) is 11.1. The highest BCUT2D eigenvalue weighted by molar-refractivity contribution is 7.13. The van der Waals surface area contributed by atoms with Crippen LogP contribution in [0.25, 0.3) is 86.8 Å². The third kappa shape index (κ3) is 4.67. The summed E-state index contributed by atoms with van der Waals surface area (Å²) in [5.41, 5.74) is 12.5. The molecule has 0 amide bonds. The number of aromatic nitrogens is 4. The van der Waals surface area contributed by atoms with Crippen LogP contribution < -0.4 is 0 Å². The molecule has 0 unspecified atom stereocenters. The van der Waals surface area contributed by atoms with E-state index in [0.29, 0.717) is 0 Å². The zero-order valence-electron chi connectivity index (χ0n) is 24.5. The van der Waals surface area contributed by atoms with E-state index >= 15 is 0 Å². The number of thiazole rings is 2. The minimum Gasteiger partial charge on any atom is -0.255 e. The topological polar surface area (TPSA) is 51.6 Å². The van der Waals surface area contributed by atoms with Crippen LogP contribution in [0.15, 0.2) is 145 Å². The van der Waals surface area contributed by atoms with Crippen molar-refractivity contribution in [3.63, 3.8) is 0 Å². The van der Waals surface area contributed by atoms with Gasteiger partial charge in [0.2, 0.25) is 0 Å². The molecule has 0 aliphatic heterocycles. The normalized spacial score (nSPS) is 11.5. The largest absolute Gasteiger partial charge is 0.255 e. The maximum absolute atomic E-state index is 4.76. The molecule has 4 aromatic heterocycles. The van der Waals surface area contributed by atoms with Gasteiger partial charge in [0.1, 0.15) is 0 Å². The lowest BCUT2D eigenvalue weighted by molar-refractivity contribution is 1.33. The van der Waals surface area contributed by atoms with Gasteiger partial charge in [-0.1, -0.05) is 78.9 Å². The van der Waals surface area contributed by atoms with Crippen LogP contribution in [0.1, 0.15) is 0 Å². The van der Waals surface area contributed by atoms with Gasteiger partial charge in [-0.3, -0.25) is 19.9 Å². The maximum Gasteiger partial charge on any atom is 0.0818 e. The third-order valence-electron chi connectivity index (χ3n) is 8.60. The Kier molecular flexibility index (Phi) is 6.47. The molecule has 0 N–H and O–H groups in total. The standard InChI is InChI=1S/C40H24N4S2/c1-2-4-25(5-3-1)26-6-13-33-34-17-27(29-9-14-37(43-19-29)39-21-41-23-45-39)7-11-31(34)32-12-8-28(18-35(32)36(33)16-26)30-10-15-38(44-20-30)40-22-42-24-46-40/h1-24H. The van der Waals surface area contributed by atoms with E-state index in [9.17, 15) is 0 Å².